The number of urea groups is 1. The number of benzene rings is 2. The van der Waals surface area contributed by atoms with Gasteiger partial charge in [-0.3, -0.25) is 9.59 Å². The minimum atomic E-state index is -0.711. The Morgan fingerprint density at radius 2 is 1.78 bits per heavy atom. The summed E-state index contributed by atoms with van der Waals surface area (Å²) in [7, 11) is 1.56. The fourth-order valence-electron chi connectivity index (χ4n) is 3.65. The molecule has 7 heteroatoms. The van der Waals surface area contributed by atoms with Gasteiger partial charge in [0.15, 0.2) is 0 Å². The fraction of sp³-hybridized carbons (Fsp3) is 0.250. The molecule has 0 spiro atoms. The van der Waals surface area contributed by atoms with Gasteiger partial charge in [-0.15, -0.1) is 0 Å². The molecule has 0 aliphatic carbocycles. The molecule has 2 aromatic rings. The van der Waals surface area contributed by atoms with Gasteiger partial charge in [-0.05, 0) is 42.8 Å². The number of imide groups is 1. The molecule has 4 amide bonds. The number of anilines is 1. The van der Waals surface area contributed by atoms with Crippen LogP contribution in [0.2, 0.25) is 0 Å². The lowest BCUT2D eigenvalue weighted by molar-refractivity contribution is -0.122. The zero-order valence-electron chi connectivity index (χ0n) is 14.8. The highest BCUT2D eigenvalue weighted by Gasteiger charge is 2.49. The Hall–Kier alpha value is -3.35. The molecule has 138 valence electrons. The zero-order valence-corrected chi connectivity index (χ0v) is 14.8. The van der Waals surface area contributed by atoms with Crippen LogP contribution >= 0.6 is 0 Å². The maximum absolute atomic E-state index is 13.1. The average Bonchev–Trinajstić information content (AvgIpc) is 3.12. The molecule has 1 N–H and O–H groups in total. The van der Waals surface area contributed by atoms with Gasteiger partial charge in [0.1, 0.15) is 11.8 Å². The van der Waals surface area contributed by atoms with Gasteiger partial charge in [-0.25, -0.2) is 9.69 Å². The van der Waals surface area contributed by atoms with Crippen molar-refractivity contribution in [2.24, 2.45) is 0 Å². The van der Waals surface area contributed by atoms with Crippen LogP contribution in [0, 0.1) is 0 Å². The molecular formula is C20H19N3O4. The summed E-state index contributed by atoms with van der Waals surface area (Å²) in [5, 5.41) is 2.86. The molecular weight excluding hydrogens is 346 g/mol. The second-order valence-electron chi connectivity index (χ2n) is 6.53. The van der Waals surface area contributed by atoms with Crippen molar-refractivity contribution in [3.63, 3.8) is 0 Å². The lowest BCUT2D eigenvalue weighted by Gasteiger charge is -2.36. The van der Waals surface area contributed by atoms with E-state index in [1.54, 1.807) is 60.5 Å². The predicted octanol–water partition coefficient (Wildman–Crippen LogP) is 2.03. The van der Waals surface area contributed by atoms with E-state index in [-0.39, 0.29) is 17.9 Å². The first-order valence-corrected chi connectivity index (χ1v) is 8.74. The summed E-state index contributed by atoms with van der Waals surface area (Å²) in [6, 6.07) is 14.0. The molecule has 2 aromatic carbocycles. The first-order valence-electron chi connectivity index (χ1n) is 8.74. The van der Waals surface area contributed by atoms with Gasteiger partial charge in [-0.1, -0.05) is 18.2 Å². The van der Waals surface area contributed by atoms with Crippen molar-refractivity contribution in [3.8, 4) is 5.75 Å². The van der Waals surface area contributed by atoms with Gasteiger partial charge < -0.3 is 15.0 Å². The topological polar surface area (TPSA) is 79.0 Å². The quantitative estimate of drug-likeness (QED) is 0.903. The summed E-state index contributed by atoms with van der Waals surface area (Å²) in [4.78, 5) is 41.2. The fourth-order valence-corrected chi connectivity index (χ4v) is 3.65. The third-order valence-corrected chi connectivity index (χ3v) is 5.00. The molecule has 0 unspecified atom stereocenters. The zero-order chi connectivity index (χ0) is 19.0. The summed E-state index contributed by atoms with van der Waals surface area (Å²) in [6.07, 6.45) is 0.548. The number of fused-ring (bicyclic) bond motifs is 1. The van der Waals surface area contributed by atoms with Crippen LogP contribution in [0.15, 0.2) is 54.6 Å². The van der Waals surface area contributed by atoms with E-state index >= 15 is 0 Å². The maximum Gasteiger partial charge on any atom is 0.329 e. The van der Waals surface area contributed by atoms with Crippen molar-refractivity contribution >= 4 is 23.5 Å². The molecule has 0 bridgehead atoms. The van der Waals surface area contributed by atoms with Crippen molar-refractivity contribution in [2.75, 3.05) is 18.6 Å². The number of carbonyl (C=O) groups excluding carboxylic acids is 3. The Morgan fingerprint density at radius 1 is 1.07 bits per heavy atom. The normalized spacial score (nSPS) is 21.7. The lowest BCUT2D eigenvalue weighted by Crippen LogP contribution is -2.65. The predicted molar refractivity (Wildman–Crippen MR) is 98.7 cm³/mol. The highest BCUT2D eigenvalue weighted by molar-refractivity contribution is 6.19. The van der Waals surface area contributed by atoms with E-state index in [2.05, 4.69) is 5.32 Å². The summed E-state index contributed by atoms with van der Waals surface area (Å²) < 4.78 is 5.12. The molecule has 2 aliphatic heterocycles. The first kappa shape index (κ1) is 17.1. The third kappa shape index (κ3) is 2.91. The summed E-state index contributed by atoms with van der Waals surface area (Å²) in [6.45, 7) is 0.412. The Labute approximate surface area is 156 Å². The molecule has 2 saturated heterocycles. The number of hydrogen-bond acceptors (Lipinski definition) is 4. The monoisotopic (exact) mass is 365 g/mol. The average molecular weight is 365 g/mol. The smallest absolute Gasteiger partial charge is 0.329 e. The van der Waals surface area contributed by atoms with E-state index in [0.29, 0.717) is 30.0 Å². The number of rotatable bonds is 3. The number of para-hydroxylation sites is 1. The Balaban J connectivity index is 1.62. The van der Waals surface area contributed by atoms with E-state index in [4.69, 9.17) is 4.74 Å². The molecule has 4 rings (SSSR count). The van der Waals surface area contributed by atoms with Crippen LogP contribution in [0.25, 0.3) is 0 Å². The van der Waals surface area contributed by atoms with Crippen LogP contribution in [0.5, 0.6) is 5.75 Å². The first-order chi connectivity index (χ1) is 13.1. The van der Waals surface area contributed by atoms with Crippen molar-refractivity contribution in [1.29, 1.82) is 0 Å². The third-order valence-electron chi connectivity index (χ3n) is 5.00. The Bertz CT molecular complexity index is 882. The van der Waals surface area contributed by atoms with Gasteiger partial charge in [0.2, 0.25) is 0 Å². The van der Waals surface area contributed by atoms with Crippen LogP contribution < -0.4 is 15.0 Å². The number of amides is 4. The largest absolute Gasteiger partial charge is 0.497 e. The van der Waals surface area contributed by atoms with E-state index in [1.807, 2.05) is 6.07 Å². The van der Waals surface area contributed by atoms with E-state index < -0.39 is 12.1 Å². The summed E-state index contributed by atoms with van der Waals surface area (Å²) in [5.41, 5.74) is 0.967. The number of ether oxygens (including phenoxy) is 1. The van der Waals surface area contributed by atoms with Gasteiger partial charge >= 0.3 is 6.03 Å². The van der Waals surface area contributed by atoms with Crippen molar-refractivity contribution < 1.29 is 19.1 Å². The van der Waals surface area contributed by atoms with Crippen LogP contribution in [-0.2, 0) is 4.79 Å². The number of nitrogens with zero attached hydrogens (tertiary/aromatic N) is 2. The number of hydrogen-bond donors (Lipinski definition) is 1. The standard InChI is InChI=1S/C20H19N3O4/c1-27-15-9-7-13(8-10-15)18(24)22-12-11-16-17(22)19(25)23(20(26)21-16)14-5-3-2-4-6-14/h2-10,16-17H,11-12H2,1H3,(H,21,26)/t16-,17+/m1/s1. The minimum Gasteiger partial charge on any atom is -0.497 e. The van der Waals surface area contributed by atoms with Crippen molar-refractivity contribution in [3.05, 3.63) is 60.2 Å². The van der Waals surface area contributed by atoms with E-state index in [9.17, 15) is 14.4 Å². The molecule has 0 radical (unpaired) electrons. The second-order valence-corrected chi connectivity index (χ2v) is 6.53. The number of methoxy groups -OCH3 is 1. The van der Waals surface area contributed by atoms with Crippen LogP contribution in [0.1, 0.15) is 16.8 Å². The molecule has 2 heterocycles. The van der Waals surface area contributed by atoms with Gasteiger partial charge in [-0.2, -0.15) is 0 Å². The van der Waals surface area contributed by atoms with Crippen molar-refractivity contribution in [1.82, 2.24) is 10.2 Å². The van der Waals surface area contributed by atoms with Crippen LogP contribution in [0.4, 0.5) is 10.5 Å². The SMILES string of the molecule is COc1ccc(C(=O)N2CC[C@H]3NC(=O)N(c4ccccc4)C(=O)[C@H]32)cc1. The second kappa shape index (κ2) is 6.75. The van der Waals surface area contributed by atoms with Crippen molar-refractivity contribution in [2.45, 2.75) is 18.5 Å². The summed E-state index contributed by atoms with van der Waals surface area (Å²) in [5.74, 6) is 0.0408. The number of carbonyl (C=O) groups is 3. The van der Waals surface area contributed by atoms with Crippen LogP contribution in [0.3, 0.4) is 0 Å². The Morgan fingerprint density at radius 3 is 2.44 bits per heavy atom. The lowest BCUT2D eigenvalue weighted by atomic mass is 10.0. The molecule has 2 aliphatic rings. The van der Waals surface area contributed by atoms with E-state index in [1.165, 1.54) is 0 Å². The van der Waals surface area contributed by atoms with Gasteiger partial charge in [0, 0.05) is 12.1 Å². The maximum atomic E-state index is 13.1. The highest BCUT2D eigenvalue weighted by Crippen LogP contribution is 2.29. The Kier molecular flexibility index (Phi) is 4.27. The van der Waals surface area contributed by atoms with E-state index in [0.717, 1.165) is 4.90 Å². The molecule has 0 saturated carbocycles. The molecule has 7 nitrogen and oxygen atoms in total. The van der Waals surface area contributed by atoms with Gasteiger partial charge in [0.05, 0.1) is 18.8 Å². The number of likely N-dealkylation sites (tertiary alicyclic amines) is 1. The molecule has 0 aromatic heterocycles. The highest BCUT2D eigenvalue weighted by atomic mass is 16.5. The molecule has 2 fully saturated rings. The molecule has 2 atom stereocenters. The minimum absolute atomic E-state index is 0.234. The molecule has 27 heavy (non-hydrogen) atoms. The van der Waals surface area contributed by atoms with Gasteiger partial charge in [0.25, 0.3) is 11.8 Å². The summed E-state index contributed by atoms with van der Waals surface area (Å²) >= 11 is 0. The number of nitrogens with one attached hydrogen (secondary N) is 1. The van der Waals surface area contributed by atoms with Crippen LogP contribution in [-0.4, -0.2) is 48.5 Å².